The molecule has 8 nitrogen and oxygen atoms in total. The number of carbonyl (C=O) groups is 2. The van der Waals surface area contributed by atoms with Crippen LogP contribution in [-0.2, 0) is 21.1 Å². The van der Waals surface area contributed by atoms with Crippen LogP contribution in [0.25, 0.3) is 22.4 Å². The molecule has 45 heavy (non-hydrogen) atoms. The molecule has 0 bridgehead atoms. The summed E-state index contributed by atoms with van der Waals surface area (Å²) in [6.45, 7) is -0.589. The number of carbonyl (C=O) groups excluding carboxylic acids is 1. The summed E-state index contributed by atoms with van der Waals surface area (Å²) >= 11 is 10.9. The van der Waals surface area contributed by atoms with Gasteiger partial charge in [0.15, 0.2) is 16.4 Å². The number of sulfone groups is 1. The maximum atomic E-state index is 13.2. The molecule has 1 aromatic heterocycles. The zero-order chi connectivity index (χ0) is 32.0. The molecule has 0 atom stereocenters. The zero-order valence-corrected chi connectivity index (χ0v) is 27.5. The van der Waals surface area contributed by atoms with Gasteiger partial charge in [-0.1, -0.05) is 51.8 Å². The monoisotopic (exact) mass is 724 g/mol. The van der Waals surface area contributed by atoms with Crippen LogP contribution in [0, 0.1) is 0 Å². The van der Waals surface area contributed by atoms with Crippen LogP contribution in [0.2, 0.25) is 5.02 Å². The number of thiazole rings is 1. The van der Waals surface area contributed by atoms with Crippen LogP contribution in [0.1, 0.15) is 32.9 Å². The van der Waals surface area contributed by atoms with E-state index in [0.717, 1.165) is 30.8 Å². The Balaban J connectivity index is 1.25. The van der Waals surface area contributed by atoms with Gasteiger partial charge in [-0.25, -0.2) is 18.2 Å². The fourth-order valence-electron chi connectivity index (χ4n) is 4.42. The zero-order valence-electron chi connectivity index (χ0n) is 23.6. The SMILES string of the molecule is O=C(O)COc1ccc(CCCS(=O)(=O)c2ccc(Cl)cc2)cc1NC(=O)c1ccc(/C=C/c2nc3cc(Br)ccc3s2)cc1. The minimum atomic E-state index is -3.50. The standard InChI is InChI=1S/C33H26BrClN2O6S2/c34-24-9-15-30-28(19-24)36-31(44-30)16-6-21-3-7-23(8-4-21)33(40)37-27-18-22(5-14-29(27)43-20-32(38)39)2-1-17-45(41,42)26-12-10-25(35)11-13-26/h3-16,18-19H,1-2,17,20H2,(H,37,40)(H,38,39)/b16-6+. The molecule has 1 heterocycles. The van der Waals surface area contributed by atoms with Gasteiger partial charge in [-0.3, -0.25) is 4.79 Å². The first-order valence-corrected chi connectivity index (χ1v) is 17.3. The third-order valence-corrected chi connectivity index (χ3v) is 10.2. The Morgan fingerprint density at radius 3 is 2.47 bits per heavy atom. The van der Waals surface area contributed by atoms with Crippen LogP contribution >= 0.6 is 38.9 Å². The highest BCUT2D eigenvalue weighted by atomic mass is 79.9. The van der Waals surface area contributed by atoms with Crippen molar-refractivity contribution in [3.05, 3.63) is 116 Å². The summed E-state index contributed by atoms with van der Waals surface area (Å²) < 4.78 is 32.9. The number of halogens is 2. The van der Waals surface area contributed by atoms with Gasteiger partial charge in [-0.2, -0.15) is 0 Å². The number of anilines is 1. The van der Waals surface area contributed by atoms with E-state index in [-0.39, 0.29) is 22.1 Å². The van der Waals surface area contributed by atoms with Crippen molar-refractivity contribution in [3.8, 4) is 5.75 Å². The Morgan fingerprint density at radius 1 is 0.978 bits per heavy atom. The minimum absolute atomic E-state index is 0.0782. The third-order valence-electron chi connectivity index (χ3n) is 6.65. The summed E-state index contributed by atoms with van der Waals surface area (Å²) in [6.07, 6.45) is 4.58. The highest BCUT2D eigenvalue weighted by Crippen LogP contribution is 2.29. The minimum Gasteiger partial charge on any atom is -0.480 e. The van der Waals surface area contributed by atoms with Gasteiger partial charge >= 0.3 is 5.97 Å². The number of nitrogens with one attached hydrogen (secondary N) is 1. The molecule has 5 aromatic rings. The molecule has 1 amide bonds. The lowest BCUT2D eigenvalue weighted by Crippen LogP contribution is -2.15. The lowest BCUT2D eigenvalue weighted by molar-refractivity contribution is -0.139. The number of ether oxygens (including phenoxy) is 1. The fraction of sp³-hybridized carbons (Fsp3) is 0.121. The van der Waals surface area contributed by atoms with Crippen LogP contribution in [0.5, 0.6) is 5.75 Å². The Labute approximate surface area is 277 Å². The first-order valence-electron chi connectivity index (χ1n) is 13.7. The van der Waals surface area contributed by atoms with Crippen LogP contribution in [0.15, 0.2) is 94.3 Å². The topological polar surface area (TPSA) is 123 Å². The molecule has 0 radical (unpaired) electrons. The summed E-state index contributed by atoms with van der Waals surface area (Å²) in [5, 5.41) is 13.2. The van der Waals surface area contributed by atoms with Crippen molar-refractivity contribution < 1.29 is 27.9 Å². The molecule has 5 rings (SSSR count). The molecule has 0 spiro atoms. The fourth-order valence-corrected chi connectivity index (χ4v) is 7.06. The molecule has 0 fully saturated rings. The number of benzene rings is 4. The number of hydrogen-bond donors (Lipinski definition) is 2. The second-order valence-corrected chi connectivity index (χ2v) is 14.5. The highest BCUT2D eigenvalue weighted by Gasteiger charge is 2.16. The maximum absolute atomic E-state index is 13.2. The summed E-state index contributed by atoms with van der Waals surface area (Å²) in [7, 11) is -3.50. The molecule has 0 aliphatic rings. The quantitative estimate of drug-likeness (QED) is 0.134. The van der Waals surface area contributed by atoms with E-state index in [2.05, 4.69) is 26.2 Å². The smallest absolute Gasteiger partial charge is 0.341 e. The second kappa shape index (κ2) is 14.4. The van der Waals surface area contributed by atoms with Crippen molar-refractivity contribution in [1.82, 2.24) is 4.98 Å². The normalized spacial score (nSPS) is 11.6. The number of carboxylic acids is 1. The van der Waals surface area contributed by atoms with Crippen LogP contribution in [0.4, 0.5) is 5.69 Å². The summed E-state index contributed by atoms with van der Waals surface area (Å²) in [5.41, 5.74) is 3.22. The van der Waals surface area contributed by atoms with Gasteiger partial charge in [0.05, 0.1) is 26.6 Å². The Bertz CT molecular complexity index is 1990. The number of fused-ring (bicyclic) bond motifs is 1. The van der Waals surface area contributed by atoms with Crippen molar-refractivity contribution in [3.63, 3.8) is 0 Å². The van der Waals surface area contributed by atoms with E-state index in [1.807, 2.05) is 42.5 Å². The van der Waals surface area contributed by atoms with E-state index in [0.29, 0.717) is 23.4 Å². The van der Waals surface area contributed by atoms with E-state index < -0.39 is 28.3 Å². The predicted molar refractivity (Wildman–Crippen MR) is 182 cm³/mol. The molecular weight excluding hydrogens is 700 g/mol. The van der Waals surface area contributed by atoms with Gasteiger partial charge in [0.2, 0.25) is 0 Å². The number of hydrogen-bond acceptors (Lipinski definition) is 7. The largest absolute Gasteiger partial charge is 0.480 e. The molecule has 4 aromatic carbocycles. The molecule has 230 valence electrons. The van der Waals surface area contributed by atoms with E-state index in [9.17, 15) is 18.0 Å². The van der Waals surface area contributed by atoms with Gasteiger partial charge in [-0.05, 0) is 96.8 Å². The first-order chi connectivity index (χ1) is 21.6. The first kappa shape index (κ1) is 32.4. The summed E-state index contributed by atoms with van der Waals surface area (Å²) in [6, 6.07) is 23.9. The molecule has 0 saturated heterocycles. The van der Waals surface area contributed by atoms with E-state index in [1.54, 1.807) is 41.7 Å². The molecule has 0 aliphatic heterocycles. The average molecular weight is 726 g/mol. The Hall–Kier alpha value is -4.03. The Morgan fingerprint density at radius 2 is 1.73 bits per heavy atom. The van der Waals surface area contributed by atoms with Gasteiger partial charge in [0, 0.05) is 15.1 Å². The van der Waals surface area contributed by atoms with Crippen molar-refractivity contribution in [2.24, 2.45) is 0 Å². The number of nitrogens with zero attached hydrogens (tertiary/aromatic N) is 1. The van der Waals surface area contributed by atoms with E-state index >= 15 is 0 Å². The lowest BCUT2D eigenvalue weighted by atomic mass is 10.1. The number of amides is 1. The number of carboxylic acid groups (broad SMARTS) is 1. The van der Waals surface area contributed by atoms with Crippen molar-refractivity contribution in [1.29, 1.82) is 0 Å². The van der Waals surface area contributed by atoms with Crippen molar-refractivity contribution in [2.75, 3.05) is 17.7 Å². The van der Waals surface area contributed by atoms with Gasteiger partial charge in [-0.15, -0.1) is 11.3 Å². The predicted octanol–water partition coefficient (Wildman–Crippen LogP) is 8.00. The third kappa shape index (κ3) is 8.79. The lowest BCUT2D eigenvalue weighted by Gasteiger charge is -2.14. The molecule has 0 aliphatic carbocycles. The van der Waals surface area contributed by atoms with Crippen molar-refractivity contribution >= 4 is 88.6 Å². The van der Waals surface area contributed by atoms with Crippen LogP contribution < -0.4 is 10.1 Å². The summed E-state index contributed by atoms with van der Waals surface area (Å²) in [5.74, 6) is -1.47. The molecule has 0 saturated carbocycles. The summed E-state index contributed by atoms with van der Waals surface area (Å²) in [4.78, 5) is 29.1. The second-order valence-electron chi connectivity index (χ2n) is 9.96. The molecular formula is C33H26BrClN2O6S2. The van der Waals surface area contributed by atoms with Crippen LogP contribution in [0.3, 0.4) is 0 Å². The number of aryl methyl sites for hydroxylation is 1. The molecule has 0 unspecified atom stereocenters. The van der Waals surface area contributed by atoms with Crippen LogP contribution in [-0.4, -0.2) is 42.7 Å². The molecule has 2 N–H and O–H groups in total. The maximum Gasteiger partial charge on any atom is 0.341 e. The highest BCUT2D eigenvalue weighted by molar-refractivity contribution is 9.10. The number of aliphatic carboxylic acids is 1. The van der Waals surface area contributed by atoms with Gasteiger partial charge in [0.25, 0.3) is 5.91 Å². The van der Waals surface area contributed by atoms with Gasteiger partial charge < -0.3 is 15.2 Å². The molecule has 12 heteroatoms. The number of rotatable bonds is 12. The van der Waals surface area contributed by atoms with Gasteiger partial charge in [0.1, 0.15) is 10.8 Å². The Kier molecular flexibility index (Phi) is 10.3. The van der Waals surface area contributed by atoms with Crippen molar-refractivity contribution in [2.45, 2.75) is 17.7 Å². The number of aromatic nitrogens is 1. The van der Waals surface area contributed by atoms with E-state index in [1.165, 1.54) is 24.3 Å². The average Bonchev–Trinajstić information content (AvgIpc) is 3.42. The van der Waals surface area contributed by atoms with E-state index in [4.69, 9.17) is 21.4 Å².